The Bertz CT molecular complexity index is 219. The number of carbonyl (C=O) groups is 4. The summed E-state index contributed by atoms with van der Waals surface area (Å²) in [6.45, 7) is 9.06. The van der Waals surface area contributed by atoms with E-state index in [1.54, 1.807) is 14.1 Å². The van der Waals surface area contributed by atoms with Gasteiger partial charge in [-0.2, -0.15) is 0 Å². The highest BCUT2D eigenvalue weighted by Gasteiger charge is 1.73. The van der Waals surface area contributed by atoms with Gasteiger partial charge in [0.05, 0.1) is 0 Å². The maximum atomic E-state index is 9.70. The van der Waals surface area contributed by atoms with E-state index in [0.29, 0.717) is 0 Å². The molecule has 0 aliphatic carbocycles. The van der Waals surface area contributed by atoms with Crippen LogP contribution in [0.3, 0.4) is 0 Å². The molecule has 0 aliphatic heterocycles. The van der Waals surface area contributed by atoms with Crippen molar-refractivity contribution in [3.8, 4) is 0 Å². The zero-order valence-electron chi connectivity index (χ0n) is 12.6. The highest BCUT2D eigenvalue weighted by molar-refractivity contribution is 5.73. The molecule has 6 nitrogen and oxygen atoms in total. The third kappa shape index (κ3) is 1450. The van der Waals surface area contributed by atoms with Crippen LogP contribution in [0.4, 0.5) is 0 Å². The molecule has 0 atom stereocenters. The Kier molecular flexibility index (Phi) is 162. The largest absolute Gasteiger partial charge is 0.359 e. The second-order valence-corrected chi connectivity index (χ2v) is 3.43. The van der Waals surface area contributed by atoms with Crippen molar-refractivity contribution in [3.05, 3.63) is 0 Å². The fraction of sp³-hybridized carbons (Fsp3) is 0.778. The van der Waals surface area contributed by atoms with Crippen molar-refractivity contribution in [2.45, 2.75) is 86.1 Å². The quantitative estimate of drug-likeness (QED) is 0.666. The number of rotatable bonds is 0. The molecule has 2 amide bonds. The normalized spacial score (nSPS) is 5.00. The van der Waals surface area contributed by atoms with Gasteiger partial charge in [-0.3, -0.25) is 9.59 Å². The van der Waals surface area contributed by atoms with Crippen LogP contribution in [0.5, 0.6) is 0 Å². The van der Waals surface area contributed by atoms with E-state index in [-0.39, 0.29) is 67.9 Å². The first-order valence-corrected chi connectivity index (χ1v) is 5.32. The van der Waals surface area contributed by atoms with Gasteiger partial charge in [-0.15, -0.1) is 0 Å². The SMILES string of the molecule is C.C.C.C.C.C.CC(C)=O.CC(C)=O.CNC(C)=O.CNC(C)=O. The summed E-state index contributed by atoms with van der Waals surface area (Å²) in [6, 6.07) is 0. The Labute approximate surface area is 154 Å². The second kappa shape index (κ2) is 58.0. The van der Waals surface area contributed by atoms with E-state index in [1.165, 1.54) is 41.5 Å². The monoisotopic (exact) mass is 358 g/mol. The lowest BCUT2D eigenvalue weighted by molar-refractivity contribution is -0.119. The van der Waals surface area contributed by atoms with Gasteiger partial charge in [0.1, 0.15) is 11.6 Å². The average molecular weight is 359 g/mol. The van der Waals surface area contributed by atoms with Gasteiger partial charge in [0.15, 0.2) is 0 Å². The predicted octanol–water partition coefficient (Wildman–Crippen LogP) is 4.51. The van der Waals surface area contributed by atoms with E-state index >= 15 is 0 Å². The fourth-order valence-electron chi connectivity index (χ4n) is 0. The van der Waals surface area contributed by atoms with Crippen LogP contribution in [0.1, 0.15) is 86.1 Å². The molecule has 0 aromatic carbocycles. The van der Waals surface area contributed by atoms with Crippen LogP contribution in [-0.2, 0) is 19.2 Å². The van der Waals surface area contributed by atoms with Crippen molar-refractivity contribution in [1.82, 2.24) is 10.6 Å². The number of nitrogens with one attached hydrogen (secondary N) is 2. The summed E-state index contributed by atoms with van der Waals surface area (Å²) in [5, 5.41) is 4.78. The summed E-state index contributed by atoms with van der Waals surface area (Å²) in [6.07, 6.45) is 0. The minimum absolute atomic E-state index is 0. The van der Waals surface area contributed by atoms with E-state index in [2.05, 4.69) is 10.6 Å². The Balaban J connectivity index is -0.0000000126. The molecule has 156 valence electrons. The van der Waals surface area contributed by atoms with E-state index in [0.717, 1.165) is 0 Å². The van der Waals surface area contributed by atoms with Crippen molar-refractivity contribution in [2.24, 2.45) is 0 Å². The number of carbonyl (C=O) groups excluding carboxylic acids is 4. The van der Waals surface area contributed by atoms with Crippen LogP contribution in [0.15, 0.2) is 0 Å². The van der Waals surface area contributed by atoms with Crippen LogP contribution in [0.25, 0.3) is 0 Å². The summed E-state index contributed by atoms with van der Waals surface area (Å²) in [5.41, 5.74) is 0. The molecule has 0 spiro atoms. The van der Waals surface area contributed by atoms with Crippen LogP contribution >= 0.6 is 0 Å². The Morgan fingerprint density at radius 3 is 0.500 bits per heavy atom. The molecular weight excluding hydrogens is 308 g/mol. The van der Waals surface area contributed by atoms with E-state index in [4.69, 9.17) is 0 Å². The fourth-order valence-corrected chi connectivity index (χ4v) is 0. The zero-order chi connectivity index (χ0) is 15.7. The Morgan fingerprint density at radius 1 is 0.458 bits per heavy atom. The van der Waals surface area contributed by atoms with E-state index < -0.39 is 0 Å². The molecule has 24 heavy (non-hydrogen) atoms. The highest BCUT2D eigenvalue weighted by Crippen LogP contribution is 1.51. The maximum Gasteiger partial charge on any atom is 0.216 e. The summed E-state index contributed by atoms with van der Waals surface area (Å²) >= 11 is 0. The van der Waals surface area contributed by atoms with Gasteiger partial charge in [-0.25, -0.2) is 0 Å². The third-order valence-corrected chi connectivity index (χ3v) is 0.704. The maximum absolute atomic E-state index is 9.70. The van der Waals surface area contributed by atoms with Crippen LogP contribution in [0.2, 0.25) is 0 Å². The number of hydrogen-bond acceptors (Lipinski definition) is 4. The van der Waals surface area contributed by atoms with Gasteiger partial charge in [-0.1, -0.05) is 44.6 Å². The van der Waals surface area contributed by atoms with Gasteiger partial charge >= 0.3 is 0 Å². The van der Waals surface area contributed by atoms with Gasteiger partial charge < -0.3 is 20.2 Å². The third-order valence-electron chi connectivity index (χ3n) is 0.704. The van der Waals surface area contributed by atoms with Crippen molar-refractivity contribution >= 4 is 23.4 Å². The summed E-state index contributed by atoms with van der Waals surface area (Å²) < 4.78 is 0. The lowest BCUT2D eigenvalue weighted by atomic mass is 10.6. The van der Waals surface area contributed by atoms with Gasteiger partial charge in [-0.05, 0) is 27.7 Å². The molecule has 0 aromatic heterocycles. The minimum atomic E-state index is 0. The number of hydrogen-bond donors (Lipinski definition) is 2. The molecule has 2 N–H and O–H groups in total. The number of amides is 2. The molecule has 6 heteroatoms. The second-order valence-electron chi connectivity index (χ2n) is 3.43. The van der Waals surface area contributed by atoms with E-state index in [1.807, 2.05) is 0 Å². The summed E-state index contributed by atoms with van der Waals surface area (Å²) in [4.78, 5) is 38.3. The lowest BCUT2D eigenvalue weighted by Gasteiger charge is -1.80. The van der Waals surface area contributed by atoms with Crippen molar-refractivity contribution in [3.63, 3.8) is 0 Å². The van der Waals surface area contributed by atoms with Crippen LogP contribution < -0.4 is 10.6 Å². The first kappa shape index (κ1) is 66.9. The molecule has 0 aliphatic rings. The molecule has 0 saturated carbocycles. The average Bonchev–Trinajstić information content (AvgIpc) is 2.16. The Morgan fingerprint density at radius 2 is 0.500 bits per heavy atom. The highest BCUT2D eigenvalue weighted by atomic mass is 16.2. The van der Waals surface area contributed by atoms with Gasteiger partial charge in [0.25, 0.3) is 0 Å². The number of Topliss-reactive ketones (excluding diaryl/α,β-unsaturated/α-hetero) is 2. The molecule has 0 radical (unpaired) electrons. The molecular formula is C18H50N2O4. The summed E-state index contributed by atoms with van der Waals surface area (Å²) in [7, 11) is 3.20. The molecule has 0 heterocycles. The minimum Gasteiger partial charge on any atom is -0.359 e. The Hall–Kier alpha value is -1.72. The number of ketones is 2. The first-order valence-electron chi connectivity index (χ1n) is 5.32. The predicted molar refractivity (Wildman–Crippen MR) is 113 cm³/mol. The molecule has 0 fully saturated rings. The van der Waals surface area contributed by atoms with Crippen LogP contribution in [-0.4, -0.2) is 37.5 Å². The van der Waals surface area contributed by atoms with Crippen molar-refractivity contribution in [1.29, 1.82) is 0 Å². The molecule has 0 saturated heterocycles. The topological polar surface area (TPSA) is 92.3 Å². The lowest BCUT2D eigenvalue weighted by Crippen LogP contribution is -2.11. The van der Waals surface area contributed by atoms with Gasteiger partial charge in [0.2, 0.25) is 11.8 Å². The van der Waals surface area contributed by atoms with E-state index in [9.17, 15) is 19.2 Å². The standard InChI is InChI=1S/2C3H7NO.2C3H6O.6CH4/c2*1-3(5)4-2;2*1-3(2)4;;;;;;/h2*1-2H3,(H,4,5);2*1-2H3;6*1H4. The molecule has 0 unspecified atom stereocenters. The molecule has 0 aromatic rings. The van der Waals surface area contributed by atoms with Crippen molar-refractivity contribution in [2.75, 3.05) is 14.1 Å². The van der Waals surface area contributed by atoms with Crippen molar-refractivity contribution < 1.29 is 19.2 Å². The van der Waals surface area contributed by atoms with Gasteiger partial charge in [0, 0.05) is 27.9 Å². The summed E-state index contributed by atoms with van der Waals surface area (Å²) in [5.74, 6) is 0.343. The zero-order valence-corrected chi connectivity index (χ0v) is 12.6. The molecule has 0 rings (SSSR count). The smallest absolute Gasteiger partial charge is 0.216 e. The first-order chi connectivity index (χ1) is 8.00. The van der Waals surface area contributed by atoms with Crippen LogP contribution in [0, 0.1) is 0 Å². The molecule has 0 bridgehead atoms.